The summed E-state index contributed by atoms with van der Waals surface area (Å²) in [6, 6.07) is 21.3. The summed E-state index contributed by atoms with van der Waals surface area (Å²) in [6.45, 7) is 6.47. The average Bonchev–Trinajstić information content (AvgIpc) is 3.24. The van der Waals surface area contributed by atoms with Gasteiger partial charge < -0.3 is 9.84 Å². The monoisotopic (exact) mass is 394 g/mol. The van der Waals surface area contributed by atoms with Crippen molar-refractivity contribution in [1.82, 2.24) is 9.80 Å². The number of likely N-dealkylation sites (tertiary alicyclic amines) is 1. The van der Waals surface area contributed by atoms with E-state index in [0.717, 1.165) is 58.7 Å². The predicted octanol–water partition coefficient (Wildman–Crippen LogP) is 3.55. The van der Waals surface area contributed by atoms with Gasteiger partial charge in [0.25, 0.3) is 0 Å². The molecule has 29 heavy (non-hydrogen) atoms. The SMILES string of the molecule is O[C@@H]1CN(CC2CCCO2)CC[C@H]1CN(Cc1ccccc1)Cc1ccccc1. The first-order valence-corrected chi connectivity index (χ1v) is 11.1. The van der Waals surface area contributed by atoms with E-state index in [-0.39, 0.29) is 6.10 Å². The maximum absolute atomic E-state index is 10.9. The van der Waals surface area contributed by atoms with Crippen LogP contribution in [0.2, 0.25) is 0 Å². The van der Waals surface area contributed by atoms with Gasteiger partial charge in [-0.05, 0) is 36.9 Å². The van der Waals surface area contributed by atoms with Crippen LogP contribution in [0.4, 0.5) is 0 Å². The number of aliphatic hydroxyl groups is 1. The van der Waals surface area contributed by atoms with Gasteiger partial charge in [0.15, 0.2) is 0 Å². The summed E-state index contributed by atoms with van der Waals surface area (Å²) in [7, 11) is 0. The second kappa shape index (κ2) is 10.4. The van der Waals surface area contributed by atoms with E-state index in [9.17, 15) is 5.11 Å². The van der Waals surface area contributed by atoms with E-state index >= 15 is 0 Å². The molecule has 0 spiro atoms. The summed E-state index contributed by atoms with van der Waals surface area (Å²) in [4.78, 5) is 4.89. The fraction of sp³-hybridized carbons (Fsp3) is 0.520. The summed E-state index contributed by atoms with van der Waals surface area (Å²) in [5.74, 6) is 0.322. The van der Waals surface area contributed by atoms with Gasteiger partial charge in [0.05, 0.1) is 12.2 Å². The zero-order valence-electron chi connectivity index (χ0n) is 17.3. The van der Waals surface area contributed by atoms with Crippen LogP contribution in [-0.4, -0.2) is 59.9 Å². The highest BCUT2D eigenvalue weighted by Gasteiger charge is 2.31. The first-order valence-electron chi connectivity index (χ1n) is 11.1. The van der Waals surface area contributed by atoms with E-state index in [0.29, 0.717) is 12.0 Å². The maximum atomic E-state index is 10.9. The maximum Gasteiger partial charge on any atom is 0.0707 e. The van der Waals surface area contributed by atoms with Gasteiger partial charge in [0.1, 0.15) is 0 Å². The van der Waals surface area contributed by atoms with Crippen LogP contribution in [0.25, 0.3) is 0 Å². The van der Waals surface area contributed by atoms with Crippen LogP contribution in [0.15, 0.2) is 60.7 Å². The molecule has 2 aliphatic rings. The molecule has 0 radical (unpaired) electrons. The third-order valence-corrected chi connectivity index (χ3v) is 6.28. The molecular weight excluding hydrogens is 360 g/mol. The first-order chi connectivity index (χ1) is 14.3. The molecule has 0 bridgehead atoms. The number of β-amino-alcohol motifs (C(OH)–C–C–N with tert-alkyl or cyclic N) is 1. The van der Waals surface area contributed by atoms with Crippen LogP contribution < -0.4 is 0 Å². The minimum Gasteiger partial charge on any atom is -0.391 e. The highest BCUT2D eigenvalue weighted by molar-refractivity contribution is 5.17. The molecule has 4 rings (SSSR count). The van der Waals surface area contributed by atoms with Crippen molar-refractivity contribution in [2.75, 3.05) is 32.8 Å². The van der Waals surface area contributed by atoms with E-state index in [2.05, 4.69) is 70.5 Å². The molecule has 1 unspecified atom stereocenters. The molecular formula is C25H34N2O2. The summed E-state index contributed by atoms with van der Waals surface area (Å²) >= 11 is 0. The predicted molar refractivity (Wildman–Crippen MR) is 117 cm³/mol. The van der Waals surface area contributed by atoms with Crippen LogP contribution >= 0.6 is 0 Å². The molecule has 0 aliphatic carbocycles. The fourth-order valence-electron chi connectivity index (χ4n) is 4.70. The molecule has 156 valence electrons. The standard InChI is InChI=1S/C25H34N2O2/c28-25-20-26(19-24-12-7-15-29-24)14-13-23(25)18-27(16-21-8-3-1-4-9-21)17-22-10-5-2-6-11-22/h1-6,8-11,23-25,28H,7,12-20H2/t23-,24?,25+/m0/s1. The Morgan fingerprint density at radius 1 is 0.931 bits per heavy atom. The lowest BCUT2D eigenvalue weighted by atomic mass is 9.92. The van der Waals surface area contributed by atoms with Gasteiger partial charge in [0.2, 0.25) is 0 Å². The van der Waals surface area contributed by atoms with Crippen molar-refractivity contribution in [2.45, 2.75) is 44.6 Å². The van der Waals surface area contributed by atoms with Gasteiger partial charge >= 0.3 is 0 Å². The second-order valence-electron chi connectivity index (χ2n) is 8.65. The minimum atomic E-state index is -0.265. The minimum absolute atomic E-state index is 0.265. The number of nitrogens with zero attached hydrogens (tertiary/aromatic N) is 2. The van der Waals surface area contributed by atoms with Gasteiger partial charge in [-0.25, -0.2) is 0 Å². The molecule has 4 nitrogen and oxygen atoms in total. The number of benzene rings is 2. The van der Waals surface area contributed by atoms with Crippen LogP contribution in [0.1, 0.15) is 30.4 Å². The number of rotatable bonds is 8. The Labute approximate surface area is 175 Å². The molecule has 2 fully saturated rings. The molecule has 0 amide bonds. The van der Waals surface area contributed by atoms with Crippen molar-refractivity contribution in [3.05, 3.63) is 71.8 Å². The molecule has 2 aromatic carbocycles. The number of hydrogen-bond acceptors (Lipinski definition) is 4. The number of aliphatic hydroxyl groups excluding tert-OH is 1. The van der Waals surface area contributed by atoms with Crippen LogP contribution in [0.5, 0.6) is 0 Å². The second-order valence-corrected chi connectivity index (χ2v) is 8.65. The van der Waals surface area contributed by atoms with E-state index < -0.39 is 0 Å². The van der Waals surface area contributed by atoms with Crippen LogP contribution in [0.3, 0.4) is 0 Å². The lowest BCUT2D eigenvalue weighted by Gasteiger charge is -2.39. The van der Waals surface area contributed by atoms with Crippen molar-refractivity contribution in [2.24, 2.45) is 5.92 Å². The van der Waals surface area contributed by atoms with Crippen molar-refractivity contribution >= 4 is 0 Å². The Balaban J connectivity index is 1.36. The zero-order chi connectivity index (χ0) is 19.9. The van der Waals surface area contributed by atoms with Crippen molar-refractivity contribution < 1.29 is 9.84 Å². The van der Waals surface area contributed by atoms with Gasteiger partial charge in [-0.1, -0.05) is 60.7 Å². The third-order valence-electron chi connectivity index (χ3n) is 6.28. The molecule has 2 aliphatic heterocycles. The highest BCUT2D eigenvalue weighted by Crippen LogP contribution is 2.23. The topological polar surface area (TPSA) is 35.9 Å². The molecule has 4 heteroatoms. The molecule has 1 N–H and O–H groups in total. The molecule has 2 saturated heterocycles. The summed E-state index contributed by atoms with van der Waals surface area (Å²) in [6.07, 6.45) is 3.49. The Morgan fingerprint density at radius 2 is 1.59 bits per heavy atom. The number of piperidine rings is 1. The van der Waals surface area contributed by atoms with Crippen LogP contribution in [0, 0.1) is 5.92 Å². The van der Waals surface area contributed by atoms with Gasteiger partial charge in [-0.2, -0.15) is 0 Å². The Morgan fingerprint density at radius 3 is 2.14 bits per heavy atom. The van der Waals surface area contributed by atoms with Crippen LogP contribution in [-0.2, 0) is 17.8 Å². The first kappa shape index (κ1) is 20.5. The van der Waals surface area contributed by atoms with Crippen molar-refractivity contribution in [1.29, 1.82) is 0 Å². The number of ether oxygens (including phenoxy) is 1. The summed E-state index contributed by atoms with van der Waals surface area (Å²) < 4.78 is 5.78. The van der Waals surface area contributed by atoms with Gasteiger partial charge in [0, 0.05) is 45.2 Å². The molecule has 0 aromatic heterocycles. The van der Waals surface area contributed by atoms with Crippen molar-refractivity contribution in [3.63, 3.8) is 0 Å². The van der Waals surface area contributed by atoms with E-state index in [1.165, 1.54) is 17.5 Å². The van der Waals surface area contributed by atoms with E-state index in [1.54, 1.807) is 0 Å². The smallest absolute Gasteiger partial charge is 0.0707 e. The number of hydrogen-bond donors (Lipinski definition) is 1. The normalized spacial score (nSPS) is 25.5. The van der Waals surface area contributed by atoms with Crippen molar-refractivity contribution in [3.8, 4) is 0 Å². The van der Waals surface area contributed by atoms with E-state index in [1.807, 2.05) is 0 Å². The third kappa shape index (κ3) is 6.13. The quantitative estimate of drug-likeness (QED) is 0.743. The van der Waals surface area contributed by atoms with E-state index in [4.69, 9.17) is 4.74 Å². The Hall–Kier alpha value is -1.72. The summed E-state index contributed by atoms with van der Waals surface area (Å²) in [5, 5.41) is 10.9. The highest BCUT2D eigenvalue weighted by atomic mass is 16.5. The average molecular weight is 395 g/mol. The molecule has 3 atom stereocenters. The molecule has 2 aromatic rings. The van der Waals surface area contributed by atoms with Gasteiger partial charge in [-0.15, -0.1) is 0 Å². The fourth-order valence-corrected chi connectivity index (χ4v) is 4.70. The lowest BCUT2D eigenvalue weighted by molar-refractivity contribution is -0.0144. The summed E-state index contributed by atoms with van der Waals surface area (Å²) in [5.41, 5.74) is 2.66. The lowest BCUT2D eigenvalue weighted by Crippen LogP contribution is -2.49. The molecule has 0 saturated carbocycles. The van der Waals surface area contributed by atoms with Gasteiger partial charge in [-0.3, -0.25) is 9.80 Å². The molecule has 2 heterocycles. The zero-order valence-corrected chi connectivity index (χ0v) is 17.3. The largest absolute Gasteiger partial charge is 0.391 e. The Kier molecular flexibility index (Phi) is 7.33. The Bertz CT molecular complexity index is 677.